The molecule has 0 unspecified atom stereocenters. The summed E-state index contributed by atoms with van der Waals surface area (Å²) in [6.07, 6.45) is 2.60. The van der Waals surface area contributed by atoms with Crippen molar-refractivity contribution in [1.29, 1.82) is 0 Å². The molecule has 0 saturated carbocycles. The highest BCUT2D eigenvalue weighted by Crippen LogP contribution is 2.13. The van der Waals surface area contributed by atoms with Gasteiger partial charge in [-0.25, -0.2) is 0 Å². The molecule has 0 atom stereocenters. The minimum Gasteiger partial charge on any atom is -0.282 e. The van der Waals surface area contributed by atoms with Gasteiger partial charge in [-0.2, -0.15) is 5.10 Å². The van der Waals surface area contributed by atoms with E-state index in [1.165, 1.54) is 5.56 Å². The largest absolute Gasteiger partial charge is 0.282 e. The fourth-order valence-corrected chi connectivity index (χ4v) is 1.46. The number of benzene rings is 1. The Bertz CT molecular complexity index is 382. The maximum absolute atomic E-state index is 5.86. The van der Waals surface area contributed by atoms with Crippen LogP contribution in [0.3, 0.4) is 0 Å². The standard InChI is InChI=1S/C10H9ClN2/c11-9-3-1-2-8(6-9)7-10-4-5-12-13-10/h1-6H,7H2,(H,12,13). The lowest BCUT2D eigenvalue weighted by Crippen LogP contribution is -1.87. The van der Waals surface area contributed by atoms with E-state index < -0.39 is 0 Å². The predicted octanol–water partition coefficient (Wildman–Crippen LogP) is 2.65. The van der Waals surface area contributed by atoms with Crippen LogP contribution in [0.25, 0.3) is 0 Å². The molecular weight excluding hydrogens is 184 g/mol. The monoisotopic (exact) mass is 192 g/mol. The van der Waals surface area contributed by atoms with Crippen molar-refractivity contribution in [2.75, 3.05) is 0 Å². The highest BCUT2D eigenvalue weighted by Gasteiger charge is 1.97. The lowest BCUT2D eigenvalue weighted by Gasteiger charge is -1.98. The molecule has 0 aliphatic heterocycles. The Morgan fingerprint density at radius 2 is 2.23 bits per heavy atom. The zero-order chi connectivity index (χ0) is 9.10. The fourth-order valence-electron chi connectivity index (χ4n) is 1.25. The molecule has 2 nitrogen and oxygen atoms in total. The molecule has 3 heteroatoms. The van der Waals surface area contributed by atoms with E-state index in [2.05, 4.69) is 10.2 Å². The Labute approximate surface area is 81.6 Å². The molecular formula is C10H9ClN2. The number of aromatic nitrogens is 2. The van der Waals surface area contributed by atoms with E-state index in [9.17, 15) is 0 Å². The first-order valence-electron chi connectivity index (χ1n) is 4.07. The Hall–Kier alpha value is -1.28. The number of aromatic amines is 1. The summed E-state index contributed by atoms with van der Waals surface area (Å²) < 4.78 is 0. The van der Waals surface area contributed by atoms with Crippen molar-refractivity contribution in [2.45, 2.75) is 6.42 Å². The number of H-pyrrole nitrogens is 1. The van der Waals surface area contributed by atoms with Gasteiger partial charge in [-0.05, 0) is 23.8 Å². The Kier molecular flexibility index (Phi) is 2.32. The topological polar surface area (TPSA) is 28.7 Å². The van der Waals surface area contributed by atoms with E-state index in [0.29, 0.717) is 0 Å². The van der Waals surface area contributed by atoms with E-state index in [4.69, 9.17) is 11.6 Å². The van der Waals surface area contributed by atoms with Crippen molar-refractivity contribution in [1.82, 2.24) is 10.2 Å². The number of hydrogen-bond acceptors (Lipinski definition) is 1. The van der Waals surface area contributed by atoms with Gasteiger partial charge in [0, 0.05) is 23.3 Å². The van der Waals surface area contributed by atoms with E-state index in [-0.39, 0.29) is 0 Å². The second kappa shape index (κ2) is 3.62. The van der Waals surface area contributed by atoms with Crippen LogP contribution in [0.5, 0.6) is 0 Å². The average Bonchev–Trinajstić information content (AvgIpc) is 2.57. The maximum atomic E-state index is 5.86. The van der Waals surface area contributed by atoms with Crippen LogP contribution in [0.15, 0.2) is 36.5 Å². The fraction of sp³-hybridized carbons (Fsp3) is 0.100. The van der Waals surface area contributed by atoms with Gasteiger partial charge < -0.3 is 0 Å². The minimum absolute atomic E-state index is 0.775. The van der Waals surface area contributed by atoms with Crippen LogP contribution in [0.1, 0.15) is 11.3 Å². The zero-order valence-corrected chi connectivity index (χ0v) is 7.75. The van der Waals surface area contributed by atoms with Gasteiger partial charge in [0.2, 0.25) is 0 Å². The molecule has 1 N–H and O–H groups in total. The number of nitrogens with zero attached hydrogens (tertiary/aromatic N) is 1. The maximum Gasteiger partial charge on any atom is 0.0490 e. The van der Waals surface area contributed by atoms with Crippen molar-refractivity contribution in [2.24, 2.45) is 0 Å². The summed E-state index contributed by atoms with van der Waals surface area (Å²) in [5.74, 6) is 0. The summed E-state index contributed by atoms with van der Waals surface area (Å²) in [6, 6.07) is 9.79. The molecule has 0 bridgehead atoms. The van der Waals surface area contributed by atoms with Gasteiger partial charge >= 0.3 is 0 Å². The quantitative estimate of drug-likeness (QED) is 0.779. The van der Waals surface area contributed by atoms with Gasteiger partial charge in [-0.1, -0.05) is 23.7 Å². The SMILES string of the molecule is Clc1cccc(Cc2ccn[nH]2)c1. The molecule has 13 heavy (non-hydrogen) atoms. The van der Waals surface area contributed by atoms with Gasteiger partial charge in [-0.15, -0.1) is 0 Å². The second-order valence-corrected chi connectivity index (χ2v) is 3.33. The molecule has 0 spiro atoms. The third-order valence-corrected chi connectivity index (χ3v) is 2.08. The molecule has 1 heterocycles. The van der Waals surface area contributed by atoms with Crippen LogP contribution in [0.2, 0.25) is 5.02 Å². The van der Waals surface area contributed by atoms with Crippen LogP contribution in [-0.4, -0.2) is 10.2 Å². The highest BCUT2D eigenvalue weighted by atomic mass is 35.5. The molecule has 0 saturated heterocycles. The van der Waals surface area contributed by atoms with E-state index >= 15 is 0 Å². The third kappa shape index (κ3) is 2.10. The highest BCUT2D eigenvalue weighted by molar-refractivity contribution is 6.30. The van der Waals surface area contributed by atoms with Gasteiger partial charge in [0.25, 0.3) is 0 Å². The summed E-state index contributed by atoms with van der Waals surface area (Å²) in [5.41, 5.74) is 2.29. The van der Waals surface area contributed by atoms with Gasteiger partial charge in [-0.3, -0.25) is 5.10 Å². The summed E-state index contributed by atoms with van der Waals surface area (Å²) in [5, 5.41) is 7.57. The average molecular weight is 193 g/mol. The molecule has 0 amide bonds. The van der Waals surface area contributed by atoms with Crippen LogP contribution in [-0.2, 0) is 6.42 Å². The van der Waals surface area contributed by atoms with Crippen molar-refractivity contribution >= 4 is 11.6 Å². The summed E-state index contributed by atoms with van der Waals surface area (Å²) in [4.78, 5) is 0. The van der Waals surface area contributed by atoms with Crippen molar-refractivity contribution < 1.29 is 0 Å². The number of nitrogens with one attached hydrogen (secondary N) is 1. The summed E-state index contributed by atoms with van der Waals surface area (Å²) in [6.45, 7) is 0. The van der Waals surface area contributed by atoms with Crippen LogP contribution >= 0.6 is 11.6 Å². The van der Waals surface area contributed by atoms with Crippen molar-refractivity contribution in [3.8, 4) is 0 Å². The first kappa shape index (κ1) is 8.32. The summed E-state index contributed by atoms with van der Waals surface area (Å²) in [7, 11) is 0. The number of hydrogen-bond donors (Lipinski definition) is 1. The minimum atomic E-state index is 0.775. The van der Waals surface area contributed by atoms with Crippen molar-refractivity contribution in [3.05, 3.63) is 52.8 Å². The lowest BCUT2D eigenvalue weighted by atomic mass is 10.1. The van der Waals surface area contributed by atoms with Crippen LogP contribution in [0.4, 0.5) is 0 Å². The van der Waals surface area contributed by atoms with Crippen LogP contribution < -0.4 is 0 Å². The summed E-state index contributed by atoms with van der Waals surface area (Å²) >= 11 is 5.86. The molecule has 0 fully saturated rings. The number of rotatable bonds is 2. The predicted molar refractivity (Wildman–Crippen MR) is 52.8 cm³/mol. The molecule has 0 aliphatic rings. The first-order valence-corrected chi connectivity index (χ1v) is 4.45. The van der Waals surface area contributed by atoms with Crippen molar-refractivity contribution in [3.63, 3.8) is 0 Å². The normalized spacial score (nSPS) is 10.2. The Balaban J connectivity index is 2.19. The second-order valence-electron chi connectivity index (χ2n) is 2.89. The number of halogens is 1. The van der Waals surface area contributed by atoms with Gasteiger partial charge in [0.1, 0.15) is 0 Å². The van der Waals surface area contributed by atoms with E-state index in [1.54, 1.807) is 6.20 Å². The molecule has 2 aromatic rings. The van der Waals surface area contributed by atoms with Gasteiger partial charge in [0.05, 0.1) is 0 Å². The molecule has 0 aliphatic carbocycles. The molecule has 1 aromatic heterocycles. The molecule has 66 valence electrons. The third-order valence-electron chi connectivity index (χ3n) is 1.84. The van der Waals surface area contributed by atoms with Crippen LogP contribution in [0, 0.1) is 0 Å². The van der Waals surface area contributed by atoms with E-state index in [0.717, 1.165) is 17.1 Å². The van der Waals surface area contributed by atoms with Gasteiger partial charge in [0.15, 0.2) is 0 Å². The molecule has 1 aromatic carbocycles. The molecule has 0 radical (unpaired) electrons. The molecule has 2 rings (SSSR count). The zero-order valence-electron chi connectivity index (χ0n) is 7.00. The Morgan fingerprint density at radius 1 is 1.31 bits per heavy atom. The van der Waals surface area contributed by atoms with E-state index in [1.807, 2.05) is 30.3 Å². The smallest absolute Gasteiger partial charge is 0.0490 e. The lowest BCUT2D eigenvalue weighted by molar-refractivity contribution is 0.996. The first-order chi connectivity index (χ1) is 6.34. The Morgan fingerprint density at radius 3 is 2.92 bits per heavy atom.